The van der Waals surface area contributed by atoms with Gasteiger partial charge >= 0.3 is 0 Å². The van der Waals surface area contributed by atoms with Gasteiger partial charge in [-0.15, -0.1) is 11.3 Å². The molecule has 138 valence electrons. The number of amides is 1. The molecule has 4 nitrogen and oxygen atoms in total. The topological polar surface area (TPSA) is 51.2 Å². The van der Waals surface area contributed by atoms with Crippen LogP contribution in [0.5, 0.6) is 5.75 Å². The Morgan fingerprint density at radius 3 is 2.52 bits per heavy atom. The third-order valence-corrected chi connectivity index (χ3v) is 4.77. The van der Waals surface area contributed by atoms with Crippen LogP contribution in [-0.4, -0.2) is 17.5 Å². The van der Waals surface area contributed by atoms with Crippen molar-refractivity contribution in [2.75, 3.05) is 11.9 Å². The number of hydrogen-bond acceptors (Lipinski definition) is 4. The second-order valence-corrected chi connectivity index (χ2v) is 6.77. The minimum absolute atomic E-state index is 0.203. The summed E-state index contributed by atoms with van der Waals surface area (Å²) in [6.07, 6.45) is 4.29. The number of nitrogens with zero attached hydrogens (tertiary/aromatic N) is 1. The number of ether oxygens (including phenoxy) is 1. The fraction of sp³-hybridized carbons (Fsp3) is 0.182. The molecule has 1 heterocycles. The molecule has 0 aliphatic heterocycles. The molecule has 0 atom stereocenters. The van der Waals surface area contributed by atoms with E-state index in [0.29, 0.717) is 11.7 Å². The van der Waals surface area contributed by atoms with Crippen molar-refractivity contribution in [3.8, 4) is 17.0 Å². The SMILES string of the molecule is CCOc1ccc(C=CC(=O)Nc2nc(-c3ccc(CC)cc3)cs2)cc1. The fourth-order valence-corrected chi connectivity index (χ4v) is 3.26. The molecule has 0 aliphatic rings. The van der Waals surface area contributed by atoms with E-state index in [9.17, 15) is 4.79 Å². The number of carbonyl (C=O) groups excluding carboxylic acids is 1. The molecule has 1 amide bonds. The van der Waals surface area contributed by atoms with E-state index >= 15 is 0 Å². The molecule has 0 saturated heterocycles. The molecule has 0 fully saturated rings. The average Bonchev–Trinajstić information content (AvgIpc) is 3.16. The number of aryl methyl sites for hydroxylation is 1. The summed E-state index contributed by atoms with van der Waals surface area (Å²) in [6.45, 7) is 4.71. The van der Waals surface area contributed by atoms with Crippen molar-refractivity contribution < 1.29 is 9.53 Å². The number of anilines is 1. The number of hydrogen-bond donors (Lipinski definition) is 1. The summed E-state index contributed by atoms with van der Waals surface area (Å²) in [5.74, 6) is 0.618. The van der Waals surface area contributed by atoms with Crippen molar-refractivity contribution >= 4 is 28.5 Å². The second kappa shape index (κ2) is 9.14. The van der Waals surface area contributed by atoms with Gasteiger partial charge in [-0.25, -0.2) is 4.98 Å². The van der Waals surface area contributed by atoms with Gasteiger partial charge < -0.3 is 4.74 Å². The fourth-order valence-electron chi connectivity index (χ4n) is 2.54. The summed E-state index contributed by atoms with van der Waals surface area (Å²) in [5, 5.41) is 5.35. The highest BCUT2D eigenvalue weighted by Gasteiger charge is 2.06. The summed E-state index contributed by atoms with van der Waals surface area (Å²) in [6, 6.07) is 15.9. The van der Waals surface area contributed by atoms with E-state index in [4.69, 9.17) is 4.74 Å². The van der Waals surface area contributed by atoms with Crippen LogP contribution in [0.4, 0.5) is 5.13 Å². The Morgan fingerprint density at radius 1 is 1.11 bits per heavy atom. The van der Waals surface area contributed by atoms with Crippen LogP contribution in [0.1, 0.15) is 25.0 Å². The van der Waals surface area contributed by atoms with Crippen molar-refractivity contribution in [1.29, 1.82) is 0 Å². The standard InChI is InChI=1S/C22H22N2O2S/c1-3-16-5-10-18(11-6-16)20-15-27-22(23-20)24-21(25)14-9-17-7-12-19(13-8-17)26-4-2/h5-15H,3-4H2,1-2H3,(H,23,24,25). The Balaban J connectivity index is 1.60. The van der Waals surface area contributed by atoms with Gasteiger partial charge in [0.2, 0.25) is 5.91 Å². The van der Waals surface area contributed by atoms with Gasteiger partial charge in [0.05, 0.1) is 12.3 Å². The lowest BCUT2D eigenvalue weighted by molar-refractivity contribution is -0.111. The number of rotatable bonds is 7. The normalized spacial score (nSPS) is 10.9. The first-order chi connectivity index (χ1) is 13.2. The van der Waals surface area contributed by atoms with Gasteiger partial charge in [0.25, 0.3) is 0 Å². The molecule has 1 N–H and O–H groups in total. The van der Waals surface area contributed by atoms with Crippen LogP contribution in [0.2, 0.25) is 0 Å². The highest BCUT2D eigenvalue weighted by Crippen LogP contribution is 2.25. The molecule has 0 saturated carbocycles. The molecule has 5 heteroatoms. The summed E-state index contributed by atoms with van der Waals surface area (Å²) in [7, 11) is 0. The van der Waals surface area contributed by atoms with E-state index in [1.165, 1.54) is 23.0 Å². The zero-order valence-corrected chi connectivity index (χ0v) is 16.3. The van der Waals surface area contributed by atoms with Crippen LogP contribution in [0, 0.1) is 0 Å². The monoisotopic (exact) mass is 378 g/mol. The lowest BCUT2D eigenvalue weighted by Crippen LogP contribution is -2.07. The number of nitrogens with one attached hydrogen (secondary N) is 1. The summed E-state index contributed by atoms with van der Waals surface area (Å²) < 4.78 is 5.41. The van der Waals surface area contributed by atoms with Crippen LogP contribution in [0.3, 0.4) is 0 Å². The summed E-state index contributed by atoms with van der Waals surface area (Å²) in [5.41, 5.74) is 4.15. The minimum atomic E-state index is -0.203. The number of thiazole rings is 1. The first kappa shape index (κ1) is 18.9. The van der Waals surface area contributed by atoms with Crippen LogP contribution < -0.4 is 10.1 Å². The smallest absolute Gasteiger partial charge is 0.250 e. The minimum Gasteiger partial charge on any atom is -0.494 e. The Bertz CT molecular complexity index is 912. The summed E-state index contributed by atoms with van der Waals surface area (Å²) in [4.78, 5) is 16.6. The van der Waals surface area contributed by atoms with Crippen molar-refractivity contribution in [3.63, 3.8) is 0 Å². The van der Waals surface area contributed by atoms with E-state index in [0.717, 1.165) is 29.0 Å². The Labute approximate surface area is 163 Å². The Kier molecular flexibility index (Phi) is 6.39. The molecule has 0 radical (unpaired) electrons. The van der Waals surface area contributed by atoms with Crippen molar-refractivity contribution in [2.45, 2.75) is 20.3 Å². The molecule has 27 heavy (non-hydrogen) atoms. The second-order valence-electron chi connectivity index (χ2n) is 5.91. The van der Waals surface area contributed by atoms with Gasteiger partial charge in [-0.2, -0.15) is 0 Å². The van der Waals surface area contributed by atoms with Gasteiger partial charge in [-0.1, -0.05) is 43.3 Å². The molecule has 0 aliphatic carbocycles. The Hall–Kier alpha value is -2.92. The molecule has 2 aromatic carbocycles. The predicted molar refractivity (Wildman–Crippen MR) is 112 cm³/mol. The van der Waals surface area contributed by atoms with E-state index in [1.807, 2.05) is 36.6 Å². The quantitative estimate of drug-likeness (QED) is 0.558. The predicted octanol–water partition coefficient (Wildman–Crippen LogP) is 5.42. The van der Waals surface area contributed by atoms with Gasteiger partial charge in [0.15, 0.2) is 5.13 Å². The zero-order chi connectivity index (χ0) is 19.1. The largest absolute Gasteiger partial charge is 0.494 e. The van der Waals surface area contributed by atoms with Crippen LogP contribution in [0.15, 0.2) is 60.0 Å². The Morgan fingerprint density at radius 2 is 1.85 bits per heavy atom. The number of benzene rings is 2. The third kappa shape index (κ3) is 5.28. The van der Waals surface area contributed by atoms with E-state index in [2.05, 4.69) is 41.5 Å². The molecular weight excluding hydrogens is 356 g/mol. The molecule has 0 spiro atoms. The third-order valence-electron chi connectivity index (χ3n) is 4.01. The highest BCUT2D eigenvalue weighted by atomic mass is 32.1. The summed E-state index contributed by atoms with van der Waals surface area (Å²) >= 11 is 1.42. The van der Waals surface area contributed by atoms with E-state index < -0.39 is 0 Å². The highest BCUT2D eigenvalue weighted by molar-refractivity contribution is 7.14. The lowest BCUT2D eigenvalue weighted by Gasteiger charge is -2.02. The first-order valence-corrected chi connectivity index (χ1v) is 9.82. The van der Waals surface area contributed by atoms with Gasteiger partial charge in [0.1, 0.15) is 5.75 Å². The van der Waals surface area contributed by atoms with E-state index in [1.54, 1.807) is 6.08 Å². The van der Waals surface area contributed by atoms with E-state index in [-0.39, 0.29) is 5.91 Å². The number of carbonyl (C=O) groups is 1. The molecule has 3 aromatic rings. The molecule has 0 bridgehead atoms. The zero-order valence-electron chi connectivity index (χ0n) is 15.4. The molecule has 0 unspecified atom stereocenters. The van der Waals surface area contributed by atoms with Gasteiger partial charge in [0, 0.05) is 17.0 Å². The maximum Gasteiger partial charge on any atom is 0.250 e. The first-order valence-electron chi connectivity index (χ1n) is 8.94. The molecule has 1 aromatic heterocycles. The average molecular weight is 378 g/mol. The van der Waals surface area contributed by atoms with Crippen LogP contribution in [0.25, 0.3) is 17.3 Å². The van der Waals surface area contributed by atoms with Crippen molar-refractivity contribution in [3.05, 3.63) is 71.1 Å². The maximum absolute atomic E-state index is 12.1. The number of aromatic nitrogens is 1. The molecule has 3 rings (SSSR count). The lowest BCUT2D eigenvalue weighted by atomic mass is 10.1. The van der Waals surface area contributed by atoms with Gasteiger partial charge in [-0.3, -0.25) is 10.1 Å². The maximum atomic E-state index is 12.1. The van der Waals surface area contributed by atoms with Crippen molar-refractivity contribution in [1.82, 2.24) is 4.98 Å². The van der Waals surface area contributed by atoms with Crippen molar-refractivity contribution in [2.24, 2.45) is 0 Å². The molecular formula is C22H22N2O2S. The van der Waals surface area contributed by atoms with Crippen LogP contribution >= 0.6 is 11.3 Å². The van der Waals surface area contributed by atoms with Crippen LogP contribution in [-0.2, 0) is 11.2 Å². The van der Waals surface area contributed by atoms with Gasteiger partial charge in [-0.05, 0) is 42.7 Å².